The second-order valence-corrected chi connectivity index (χ2v) is 7.68. The van der Waals surface area contributed by atoms with E-state index in [9.17, 15) is 0 Å². The number of morpholine rings is 1. The molecule has 150 valence electrons. The van der Waals surface area contributed by atoms with Crippen LogP contribution >= 0.6 is 0 Å². The predicted molar refractivity (Wildman–Crippen MR) is 108 cm³/mol. The van der Waals surface area contributed by atoms with E-state index < -0.39 is 0 Å². The standard InChI is InChI=1S/C20H26N6O2.H2/c1-13-12-27-10-8-26(13)17-11-14(16-5-3-4-9-28-16)20-19(22-17)18(24-25(20)2)15-6-7-21-23-15;/h6-7,11,13,16H,3-5,8-10,12H2,1-2H3,(H,21,23);1H/t13-,16?;/m1./s1. The Hall–Kier alpha value is -2.45. The van der Waals surface area contributed by atoms with Crippen LogP contribution in [0, 0.1) is 0 Å². The Labute approximate surface area is 165 Å². The molecule has 0 saturated carbocycles. The first-order valence-electron chi connectivity index (χ1n) is 10.1. The number of H-pyrrole nitrogens is 1. The monoisotopic (exact) mass is 384 g/mol. The van der Waals surface area contributed by atoms with Crippen LogP contribution in [-0.2, 0) is 16.5 Å². The maximum Gasteiger partial charge on any atom is 0.136 e. The normalized spacial score (nSPS) is 23.4. The minimum absolute atomic E-state index is 0. The molecule has 5 rings (SSSR count). The zero-order valence-corrected chi connectivity index (χ0v) is 16.4. The number of rotatable bonds is 3. The fourth-order valence-electron chi connectivity index (χ4n) is 4.31. The molecule has 3 aromatic rings. The molecule has 0 aliphatic carbocycles. The zero-order valence-electron chi connectivity index (χ0n) is 16.4. The summed E-state index contributed by atoms with van der Waals surface area (Å²) in [6.45, 7) is 5.27. The highest BCUT2D eigenvalue weighted by Crippen LogP contribution is 2.37. The van der Waals surface area contributed by atoms with Crippen LogP contribution in [0.25, 0.3) is 22.4 Å². The molecule has 2 atom stereocenters. The fourth-order valence-corrected chi connectivity index (χ4v) is 4.31. The lowest BCUT2D eigenvalue weighted by atomic mass is 10.00. The van der Waals surface area contributed by atoms with Gasteiger partial charge in [-0.3, -0.25) is 9.78 Å². The van der Waals surface area contributed by atoms with Gasteiger partial charge in [0.05, 0.1) is 36.6 Å². The Bertz CT molecular complexity index is 967. The van der Waals surface area contributed by atoms with Crippen molar-refractivity contribution >= 4 is 16.9 Å². The van der Waals surface area contributed by atoms with Gasteiger partial charge in [0, 0.05) is 33.4 Å². The molecule has 0 bridgehead atoms. The molecule has 2 saturated heterocycles. The molecule has 28 heavy (non-hydrogen) atoms. The van der Waals surface area contributed by atoms with E-state index in [4.69, 9.17) is 19.6 Å². The van der Waals surface area contributed by atoms with Crippen molar-refractivity contribution in [1.29, 1.82) is 0 Å². The number of hydrogen-bond acceptors (Lipinski definition) is 6. The van der Waals surface area contributed by atoms with Gasteiger partial charge in [-0.05, 0) is 38.3 Å². The zero-order chi connectivity index (χ0) is 19.1. The summed E-state index contributed by atoms with van der Waals surface area (Å²) in [5, 5.41) is 11.9. The van der Waals surface area contributed by atoms with Gasteiger partial charge < -0.3 is 14.4 Å². The van der Waals surface area contributed by atoms with Crippen LogP contribution in [0.5, 0.6) is 0 Å². The molecule has 0 radical (unpaired) electrons. The van der Waals surface area contributed by atoms with Crippen LogP contribution in [0.1, 0.15) is 39.3 Å². The number of aromatic amines is 1. The lowest BCUT2D eigenvalue weighted by Gasteiger charge is -2.35. The molecule has 2 fully saturated rings. The summed E-state index contributed by atoms with van der Waals surface area (Å²) in [5.74, 6) is 0.973. The number of nitrogens with zero attached hydrogens (tertiary/aromatic N) is 5. The third-order valence-corrected chi connectivity index (χ3v) is 5.75. The maximum atomic E-state index is 6.16. The first-order valence-corrected chi connectivity index (χ1v) is 10.1. The molecule has 1 unspecified atom stereocenters. The van der Waals surface area contributed by atoms with E-state index in [2.05, 4.69) is 28.1 Å². The highest BCUT2D eigenvalue weighted by Gasteiger charge is 2.28. The number of fused-ring (bicyclic) bond motifs is 1. The molecule has 8 nitrogen and oxygen atoms in total. The van der Waals surface area contributed by atoms with Crippen molar-refractivity contribution in [3.63, 3.8) is 0 Å². The first kappa shape index (κ1) is 17.6. The fraction of sp³-hybridized carbons (Fsp3) is 0.550. The summed E-state index contributed by atoms with van der Waals surface area (Å²) >= 11 is 0. The van der Waals surface area contributed by atoms with Crippen molar-refractivity contribution in [1.82, 2.24) is 25.0 Å². The van der Waals surface area contributed by atoms with E-state index in [1.807, 2.05) is 17.8 Å². The summed E-state index contributed by atoms with van der Waals surface area (Å²) in [4.78, 5) is 7.40. The SMILES string of the molecule is C[C@@H]1COCCN1c1cc(C2CCCCO2)c2c(n1)c(-c1ccn[nH]1)nn2C.[HH]. The van der Waals surface area contributed by atoms with Gasteiger partial charge in [0.15, 0.2) is 0 Å². The molecule has 5 heterocycles. The van der Waals surface area contributed by atoms with Gasteiger partial charge >= 0.3 is 0 Å². The number of aromatic nitrogens is 5. The van der Waals surface area contributed by atoms with Crippen LogP contribution in [-0.4, -0.2) is 57.4 Å². The summed E-state index contributed by atoms with van der Waals surface area (Å²) < 4.78 is 13.7. The van der Waals surface area contributed by atoms with Gasteiger partial charge in [0.1, 0.15) is 17.0 Å². The van der Waals surface area contributed by atoms with Crippen molar-refractivity contribution in [2.45, 2.75) is 38.3 Å². The van der Waals surface area contributed by atoms with E-state index in [-0.39, 0.29) is 13.6 Å². The molecule has 0 spiro atoms. The van der Waals surface area contributed by atoms with Gasteiger partial charge in [0.25, 0.3) is 0 Å². The van der Waals surface area contributed by atoms with Gasteiger partial charge in [-0.15, -0.1) is 0 Å². The lowest BCUT2D eigenvalue weighted by Crippen LogP contribution is -2.44. The Balaban J connectivity index is 0.00000205. The molecular formula is C20H28N6O2. The summed E-state index contributed by atoms with van der Waals surface area (Å²) in [5.41, 5.74) is 4.82. The Morgan fingerprint density at radius 3 is 2.96 bits per heavy atom. The maximum absolute atomic E-state index is 6.16. The van der Waals surface area contributed by atoms with Crippen LogP contribution in [0.15, 0.2) is 18.3 Å². The van der Waals surface area contributed by atoms with E-state index >= 15 is 0 Å². The smallest absolute Gasteiger partial charge is 0.136 e. The molecule has 0 aromatic carbocycles. The van der Waals surface area contributed by atoms with Crippen LogP contribution in [0.2, 0.25) is 0 Å². The third-order valence-electron chi connectivity index (χ3n) is 5.75. The largest absolute Gasteiger partial charge is 0.377 e. The average Bonchev–Trinajstić information content (AvgIpc) is 3.37. The Morgan fingerprint density at radius 1 is 1.29 bits per heavy atom. The van der Waals surface area contributed by atoms with Crippen molar-refractivity contribution in [3.8, 4) is 11.4 Å². The van der Waals surface area contributed by atoms with E-state index in [0.29, 0.717) is 0 Å². The van der Waals surface area contributed by atoms with E-state index in [1.54, 1.807) is 6.20 Å². The molecule has 1 N–H and O–H groups in total. The second-order valence-electron chi connectivity index (χ2n) is 7.68. The number of anilines is 1. The summed E-state index contributed by atoms with van der Waals surface area (Å²) in [7, 11) is 1.98. The Morgan fingerprint density at radius 2 is 2.21 bits per heavy atom. The molecule has 2 aliphatic heterocycles. The number of pyridine rings is 1. The molecule has 2 aliphatic rings. The number of ether oxygens (including phenoxy) is 2. The van der Waals surface area contributed by atoms with Gasteiger partial charge in [-0.25, -0.2) is 4.98 Å². The third kappa shape index (κ3) is 2.97. The minimum Gasteiger partial charge on any atom is -0.377 e. The highest BCUT2D eigenvalue weighted by molar-refractivity contribution is 5.92. The quantitative estimate of drug-likeness (QED) is 0.747. The number of aryl methyl sites for hydroxylation is 1. The van der Waals surface area contributed by atoms with Crippen LogP contribution < -0.4 is 4.90 Å². The lowest BCUT2D eigenvalue weighted by molar-refractivity contribution is 0.0156. The summed E-state index contributed by atoms with van der Waals surface area (Å²) in [6.07, 6.45) is 5.17. The summed E-state index contributed by atoms with van der Waals surface area (Å²) in [6, 6.07) is 4.43. The van der Waals surface area contributed by atoms with Gasteiger partial charge in [-0.1, -0.05) is 0 Å². The average molecular weight is 384 g/mol. The molecule has 8 heteroatoms. The van der Waals surface area contributed by atoms with Crippen molar-refractivity contribution in [2.24, 2.45) is 7.05 Å². The molecule has 3 aromatic heterocycles. The minimum atomic E-state index is 0. The topological polar surface area (TPSA) is 81.1 Å². The van der Waals surface area contributed by atoms with Gasteiger partial charge in [0.2, 0.25) is 0 Å². The van der Waals surface area contributed by atoms with Crippen LogP contribution in [0.3, 0.4) is 0 Å². The number of nitrogens with one attached hydrogen (secondary N) is 1. The first-order chi connectivity index (χ1) is 13.7. The van der Waals surface area contributed by atoms with Crippen molar-refractivity contribution < 1.29 is 10.9 Å². The number of hydrogen-bond donors (Lipinski definition) is 1. The predicted octanol–water partition coefficient (Wildman–Crippen LogP) is 3.07. The second kappa shape index (κ2) is 7.18. The van der Waals surface area contributed by atoms with Crippen molar-refractivity contribution in [2.75, 3.05) is 31.3 Å². The van der Waals surface area contributed by atoms with E-state index in [1.165, 1.54) is 12.0 Å². The highest BCUT2D eigenvalue weighted by atomic mass is 16.5. The van der Waals surface area contributed by atoms with Crippen molar-refractivity contribution in [3.05, 3.63) is 23.9 Å². The van der Waals surface area contributed by atoms with E-state index in [0.717, 1.165) is 67.4 Å². The Kier molecular flexibility index (Phi) is 4.52. The van der Waals surface area contributed by atoms with Crippen LogP contribution in [0.4, 0.5) is 5.82 Å². The molecule has 0 amide bonds. The molecular weight excluding hydrogens is 356 g/mol. The van der Waals surface area contributed by atoms with Gasteiger partial charge in [-0.2, -0.15) is 10.2 Å².